The Bertz CT molecular complexity index is 1220. The van der Waals surface area contributed by atoms with Crippen LogP contribution in [0.3, 0.4) is 0 Å². The van der Waals surface area contributed by atoms with Crippen LogP contribution in [-0.4, -0.2) is 52.1 Å². The van der Waals surface area contributed by atoms with Crippen LogP contribution in [0.2, 0.25) is 0 Å². The first-order chi connectivity index (χ1) is 16.9. The van der Waals surface area contributed by atoms with E-state index in [-0.39, 0.29) is 5.75 Å². The normalized spacial score (nSPS) is 15.9. The number of hydrogen-bond donors (Lipinski definition) is 2. The monoisotopic (exact) mass is 494 g/mol. The fourth-order valence-electron chi connectivity index (χ4n) is 4.09. The molecule has 1 aliphatic rings. The smallest absolute Gasteiger partial charge is 0.258 e. The molecule has 0 saturated carbocycles. The van der Waals surface area contributed by atoms with E-state index in [0.717, 1.165) is 34.4 Å². The minimum absolute atomic E-state index is 0.0414. The third kappa shape index (κ3) is 5.31. The average Bonchev–Trinajstić information content (AvgIpc) is 3.33. The summed E-state index contributed by atoms with van der Waals surface area (Å²) in [5.41, 5.74) is 4.53. The van der Waals surface area contributed by atoms with Gasteiger partial charge < -0.3 is 29.3 Å². The molecule has 9 heteroatoms. The van der Waals surface area contributed by atoms with E-state index in [2.05, 4.69) is 10.5 Å². The highest BCUT2D eigenvalue weighted by atomic mass is 32.1. The van der Waals surface area contributed by atoms with Crippen molar-refractivity contribution in [3.05, 3.63) is 65.2 Å². The van der Waals surface area contributed by atoms with Gasteiger partial charge in [0.05, 0.1) is 18.7 Å². The molecular formula is C26H30N4O4S. The minimum atomic E-state index is -0.395. The van der Waals surface area contributed by atoms with Crippen LogP contribution in [0.4, 0.5) is 0 Å². The van der Waals surface area contributed by atoms with E-state index in [0.29, 0.717) is 42.3 Å². The molecule has 2 aromatic carbocycles. The molecule has 4 rings (SSSR count). The number of hydrogen-bond acceptors (Lipinski definition) is 7. The molecule has 0 amide bonds. The molecule has 1 aliphatic heterocycles. The SMILES string of the molecule is CCOCCCN1C(=S)NC(c2ccc(OC)c(O)c2)C(c2nc(-c3ccc(C)cc3)no2)=C1C. The number of nitrogens with zero attached hydrogens (tertiary/aromatic N) is 3. The first-order valence-electron chi connectivity index (χ1n) is 11.6. The number of allylic oxidation sites excluding steroid dienone is 1. The molecule has 8 nitrogen and oxygen atoms in total. The molecule has 2 N–H and O–H groups in total. The predicted molar refractivity (Wildman–Crippen MR) is 138 cm³/mol. The molecule has 0 radical (unpaired) electrons. The highest BCUT2D eigenvalue weighted by Crippen LogP contribution is 2.39. The van der Waals surface area contributed by atoms with Gasteiger partial charge in [0.15, 0.2) is 16.6 Å². The zero-order valence-corrected chi connectivity index (χ0v) is 21.2. The Morgan fingerprint density at radius 3 is 2.63 bits per heavy atom. The van der Waals surface area contributed by atoms with Crippen LogP contribution in [0.25, 0.3) is 17.0 Å². The van der Waals surface area contributed by atoms with Crippen LogP contribution in [-0.2, 0) is 4.74 Å². The van der Waals surface area contributed by atoms with E-state index < -0.39 is 6.04 Å². The Balaban J connectivity index is 1.75. The molecule has 0 saturated heterocycles. The molecule has 0 bridgehead atoms. The first kappa shape index (κ1) is 24.7. The van der Waals surface area contributed by atoms with Crippen molar-refractivity contribution in [1.29, 1.82) is 0 Å². The summed E-state index contributed by atoms with van der Waals surface area (Å²) in [4.78, 5) is 6.75. The molecule has 1 unspecified atom stereocenters. The Morgan fingerprint density at radius 2 is 1.94 bits per heavy atom. The van der Waals surface area contributed by atoms with Gasteiger partial charge in [0.25, 0.3) is 5.89 Å². The fourth-order valence-corrected chi connectivity index (χ4v) is 4.43. The van der Waals surface area contributed by atoms with Crippen LogP contribution in [0.15, 0.2) is 52.7 Å². The fraction of sp³-hybridized carbons (Fsp3) is 0.346. The van der Waals surface area contributed by atoms with Gasteiger partial charge in [-0.15, -0.1) is 0 Å². The lowest BCUT2D eigenvalue weighted by atomic mass is 9.94. The lowest BCUT2D eigenvalue weighted by Gasteiger charge is -2.37. The van der Waals surface area contributed by atoms with E-state index in [1.165, 1.54) is 7.11 Å². The highest BCUT2D eigenvalue weighted by molar-refractivity contribution is 7.80. The third-order valence-corrected chi connectivity index (χ3v) is 6.31. The number of aromatic hydroxyl groups is 1. The molecule has 0 fully saturated rings. The molecule has 0 aliphatic carbocycles. The largest absolute Gasteiger partial charge is 0.504 e. The summed E-state index contributed by atoms with van der Waals surface area (Å²) in [5, 5.41) is 18.7. The second-order valence-corrected chi connectivity index (χ2v) is 8.69. The number of aromatic nitrogens is 2. The third-order valence-electron chi connectivity index (χ3n) is 5.97. The molecule has 3 aromatic rings. The van der Waals surface area contributed by atoms with Gasteiger partial charge in [0, 0.05) is 31.0 Å². The van der Waals surface area contributed by atoms with Crippen LogP contribution in [0.5, 0.6) is 11.5 Å². The number of phenolic OH excluding ortho intramolecular Hbond substituents is 1. The molecule has 1 aromatic heterocycles. The van der Waals surface area contributed by atoms with E-state index >= 15 is 0 Å². The molecule has 1 atom stereocenters. The van der Waals surface area contributed by atoms with E-state index in [9.17, 15) is 5.11 Å². The summed E-state index contributed by atoms with van der Waals surface area (Å²) < 4.78 is 16.5. The standard InChI is InChI=1S/C26H30N4O4S/c1-5-33-14-6-13-30-17(3)22(25-28-24(29-34-25)18-9-7-16(2)8-10-18)23(27-26(30)35)19-11-12-21(32-4)20(31)15-19/h7-12,15,23,31H,5-6,13-14H2,1-4H3,(H,27,35). The zero-order valence-electron chi connectivity index (χ0n) is 20.4. The van der Waals surface area contributed by atoms with Crippen LogP contribution in [0, 0.1) is 6.92 Å². The molecular weight excluding hydrogens is 464 g/mol. The van der Waals surface area contributed by atoms with Crippen molar-refractivity contribution in [2.75, 3.05) is 26.9 Å². The van der Waals surface area contributed by atoms with E-state index in [1.54, 1.807) is 12.1 Å². The quantitative estimate of drug-likeness (QED) is 0.320. The predicted octanol–water partition coefficient (Wildman–Crippen LogP) is 4.85. The van der Waals surface area contributed by atoms with Gasteiger partial charge in [0.2, 0.25) is 5.82 Å². The zero-order chi connectivity index (χ0) is 24.9. The average molecular weight is 495 g/mol. The van der Waals surface area contributed by atoms with E-state index in [4.69, 9.17) is 31.2 Å². The van der Waals surface area contributed by atoms with Gasteiger partial charge in [-0.05, 0) is 57.1 Å². The minimum Gasteiger partial charge on any atom is -0.504 e. The van der Waals surface area contributed by atoms with Gasteiger partial charge in [-0.1, -0.05) is 41.1 Å². The Labute approximate surface area is 210 Å². The molecule has 0 spiro atoms. The van der Waals surface area contributed by atoms with Crippen LogP contribution in [0.1, 0.15) is 43.3 Å². The first-order valence-corrected chi connectivity index (χ1v) is 12.0. The number of rotatable bonds is 9. The summed E-state index contributed by atoms with van der Waals surface area (Å²) in [6.07, 6.45) is 0.812. The van der Waals surface area contributed by atoms with Crippen molar-refractivity contribution in [3.63, 3.8) is 0 Å². The van der Waals surface area contributed by atoms with Crippen molar-refractivity contribution in [2.45, 2.75) is 33.2 Å². The second-order valence-electron chi connectivity index (χ2n) is 8.30. The van der Waals surface area contributed by atoms with Crippen LogP contribution >= 0.6 is 12.2 Å². The lowest BCUT2D eigenvalue weighted by Crippen LogP contribution is -2.46. The molecule has 2 heterocycles. The number of benzene rings is 2. The highest BCUT2D eigenvalue weighted by Gasteiger charge is 2.34. The van der Waals surface area contributed by atoms with Gasteiger partial charge in [-0.3, -0.25) is 0 Å². The number of aryl methyl sites for hydroxylation is 1. The van der Waals surface area contributed by atoms with E-state index in [1.807, 2.05) is 56.0 Å². The van der Waals surface area contributed by atoms with Gasteiger partial charge in [-0.25, -0.2) is 0 Å². The summed E-state index contributed by atoms with van der Waals surface area (Å²) in [6, 6.07) is 12.8. The van der Waals surface area contributed by atoms with Crippen LogP contribution < -0.4 is 10.1 Å². The van der Waals surface area contributed by atoms with Crippen molar-refractivity contribution in [3.8, 4) is 22.9 Å². The number of nitrogens with one attached hydrogen (secondary N) is 1. The molecule has 35 heavy (non-hydrogen) atoms. The van der Waals surface area contributed by atoms with Gasteiger partial charge in [-0.2, -0.15) is 4.98 Å². The number of methoxy groups -OCH3 is 1. The topological polar surface area (TPSA) is 92.9 Å². The maximum atomic E-state index is 10.4. The van der Waals surface area contributed by atoms with Crippen molar-refractivity contribution >= 4 is 22.9 Å². The summed E-state index contributed by atoms with van der Waals surface area (Å²) in [6.45, 7) is 8.01. The number of phenols is 1. The van der Waals surface area contributed by atoms with Crippen molar-refractivity contribution in [2.24, 2.45) is 0 Å². The summed E-state index contributed by atoms with van der Waals surface area (Å²) in [5.74, 6) is 1.34. The van der Waals surface area contributed by atoms with Crippen molar-refractivity contribution in [1.82, 2.24) is 20.4 Å². The Morgan fingerprint density at radius 1 is 1.17 bits per heavy atom. The maximum absolute atomic E-state index is 10.4. The lowest BCUT2D eigenvalue weighted by molar-refractivity contribution is 0.141. The van der Waals surface area contributed by atoms with Gasteiger partial charge >= 0.3 is 0 Å². The second kappa shape index (κ2) is 10.9. The summed E-state index contributed by atoms with van der Waals surface area (Å²) >= 11 is 5.72. The Hall–Kier alpha value is -3.43. The Kier molecular flexibility index (Phi) is 7.67. The number of thiocarbonyl (C=S) groups is 1. The number of ether oxygens (including phenoxy) is 2. The maximum Gasteiger partial charge on any atom is 0.258 e. The molecule has 184 valence electrons. The summed E-state index contributed by atoms with van der Waals surface area (Å²) in [7, 11) is 1.52. The van der Waals surface area contributed by atoms with Gasteiger partial charge in [0.1, 0.15) is 0 Å². The van der Waals surface area contributed by atoms with Crippen molar-refractivity contribution < 1.29 is 19.1 Å².